The summed E-state index contributed by atoms with van der Waals surface area (Å²) in [6.07, 6.45) is 4.36. The summed E-state index contributed by atoms with van der Waals surface area (Å²) in [5.41, 5.74) is 3.76. The SMILES string of the molecule is CNc1nc(NC2CCN(CC(F)F)CC2)nn2ccc(-c3ccc4nccnc4n3)c12. The summed E-state index contributed by atoms with van der Waals surface area (Å²) in [5, 5.41) is 11.1. The minimum atomic E-state index is -2.30. The highest BCUT2D eigenvalue weighted by atomic mass is 19.3. The molecular formula is C21H23F2N9. The van der Waals surface area contributed by atoms with Crippen LogP contribution in [0.3, 0.4) is 0 Å². The van der Waals surface area contributed by atoms with Crippen molar-refractivity contribution in [2.75, 3.05) is 37.3 Å². The van der Waals surface area contributed by atoms with Crippen molar-refractivity contribution in [2.45, 2.75) is 25.3 Å². The van der Waals surface area contributed by atoms with Crippen molar-refractivity contribution in [1.29, 1.82) is 0 Å². The minimum Gasteiger partial charge on any atom is -0.371 e. The van der Waals surface area contributed by atoms with Crippen LogP contribution < -0.4 is 10.6 Å². The van der Waals surface area contributed by atoms with E-state index in [1.807, 2.05) is 31.4 Å². The molecule has 2 N–H and O–H groups in total. The van der Waals surface area contributed by atoms with Gasteiger partial charge in [0.05, 0.1) is 12.2 Å². The van der Waals surface area contributed by atoms with E-state index in [9.17, 15) is 8.78 Å². The number of hydrogen-bond donors (Lipinski definition) is 2. The summed E-state index contributed by atoms with van der Waals surface area (Å²) in [7, 11) is 1.81. The number of alkyl halides is 2. The van der Waals surface area contributed by atoms with Gasteiger partial charge in [-0.25, -0.2) is 23.3 Å². The van der Waals surface area contributed by atoms with Crippen molar-refractivity contribution in [1.82, 2.24) is 34.4 Å². The standard InChI is InChI=1S/C21H23F2N9/c1-24-20-18-14(15-2-3-16-19(28-15)26-8-7-25-16)6-11-32(18)30-21(29-20)27-13-4-9-31(10-5-13)12-17(22)23/h2-3,6-8,11,13,17H,4-5,9-10,12H2,1H3,(H2,24,27,29,30). The maximum atomic E-state index is 12.6. The quantitative estimate of drug-likeness (QED) is 0.474. The highest BCUT2D eigenvalue weighted by Gasteiger charge is 2.23. The normalized spacial score (nSPS) is 15.6. The van der Waals surface area contributed by atoms with E-state index in [1.54, 1.807) is 21.8 Å². The van der Waals surface area contributed by atoms with Crippen LogP contribution >= 0.6 is 0 Å². The van der Waals surface area contributed by atoms with Crippen LogP contribution in [0.4, 0.5) is 20.5 Å². The summed E-state index contributed by atoms with van der Waals surface area (Å²) < 4.78 is 27.0. The number of likely N-dealkylation sites (tertiary alicyclic amines) is 1. The third-order valence-corrected chi connectivity index (χ3v) is 5.67. The lowest BCUT2D eigenvalue weighted by Crippen LogP contribution is -2.41. The Morgan fingerprint density at radius 3 is 2.69 bits per heavy atom. The van der Waals surface area contributed by atoms with Gasteiger partial charge in [0.25, 0.3) is 6.43 Å². The van der Waals surface area contributed by atoms with Gasteiger partial charge in [-0.15, -0.1) is 5.10 Å². The van der Waals surface area contributed by atoms with Crippen LogP contribution in [0.15, 0.2) is 36.8 Å². The number of hydrogen-bond acceptors (Lipinski definition) is 8. The topological polar surface area (TPSA) is 96.2 Å². The Morgan fingerprint density at radius 1 is 1.09 bits per heavy atom. The monoisotopic (exact) mass is 439 g/mol. The Bertz CT molecular complexity index is 1230. The van der Waals surface area contributed by atoms with Crippen molar-refractivity contribution in [2.24, 2.45) is 0 Å². The maximum absolute atomic E-state index is 12.6. The summed E-state index contributed by atoms with van der Waals surface area (Å²) in [6.45, 7) is 1.10. The predicted molar refractivity (Wildman–Crippen MR) is 118 cm³/mol. The molecule has 1 fully saturated rings. The van der Waals surface area contributed by atoms with Gasteiger partial charge >= 0.3 is 0 Å². The highest BCUT2D eigenvalue weighted by molar-refractivity contribution is 5.89. The zero-order valence-electron chi connectivity index (χ0n) is 17.5. The van der Waals surface area contributed by atoms with Gasteiger partial charge in [0.15, 0.2) is 11.5 Å². The lowest BCUT2D eigenvalue weighted by atomic mass is 10.1. The molecule has 1 aliphatic rings. The molecular weight excluding hydrogens is 416 g/mol. The van der Waals surface area contributed by atoms with E-state index in [1.165, 1.54) is 0 Å². The molecule has 0 amide bonds. The number of nitrogens with zero attached hydrogens (tertiary/aromatic N) is 7. The molecule has 0 bridgehead atoms. The second-order valence-corrected chi connectivity index (χ2v) is 7.76. The summed E-state index contributed by atoms with van der Waals surface area (Å²) in [6, 6.07) is 5.89. The van der Waals surface area contributed by atoms with Gasteiger partial charge < -0.3 is 10.6 Å². The average molecular weight is 439 g/mol. The molecule has 9 nitrogen and oxygen atoms in total. The first-order chi connectivity index (χ1) is 15.6. The molecule has 11 heteroatoms. The molecule has 5 rings (SSSR count). The Balaban J connectivity index is 1.40. The van der Waals surface area contributed by atoms with Crippen molar-refractivity contribution in [3.63, 3.8) is 0 Å². The number of aromatic nitrogens is 6. The number of fused-ring (bicyclic) bond motifs is 2. The van der Waals surface area contributed by atoms with Gasteiger partial charge in [-0.05, 0) is 31.0 Å². The van der Waals surface area contributed by atoms with Crippen molar-refractivity contribution in [3.05, 3.63) is 36.8 Å². The first-order valence-corrected chi connectivity index (χ1v) is 10.5. The minimum absolute atomic E-state index is 0.141. The van der Waals surface area contributed by atoms with Crippen LogP contribution in [0.25, 0.3) is 27.9 Å². The van der Waals surface area contributed by atoms with Gasteiger partial charge in [-0.2, -0.15) is 4.98 Å². The Morgan fingerprint density at radius 2 is 1.91 bits per heavy atom. The van der Waals surface area contributed by atoms with Crippen LogP contribution in [-0.4, -0.2) is 73.6 Å². The molecule has 0 aromatic carbocycles. The van der Waals surface area contributed by atoms with Gasteiger partial charge in [0.1, 0.15) is 11.0 Å². The molecule has 166 valence electrons. The maximum Gasteiger partial charge on any atom is 0.251 e. The highest BCUT2D eigenvalue weighted by Crippen LogP contribution is 2.30. The van der Waals surface area contributed by atoms with Crippen molar-refractivity contribution in [3.8, 4) is 11.3 Å². The van der Waals surface area contributed by atoms with Crippen LogP contribution in [0.5, 0.6) is 0 Å². The molecule has 0 unspecified atom stereocenters. The van der Waals surface area contributed by atoms with Crippen molar-refractivity contribution >= 4 is 28.4 Å². The van der Waals surface area contributed by atoms with Crippen LogP contribution in [0.2, 0.25) is 0 Å². The fourth-order valence-electron chi connectivity index (χ4n) is 4.11. The van der Waals surface area contributed by atoms with Crippen molar-refractivity contribution < 1.29 is 8.78 Å². The molecule has 0 spiro atoms. The molecule has 0 atom stereocenters. The molecule has 32 heavy (non-hydrogen) atoms. The Labute approximate surface area is 182 Å². The molecule has 5 heterocycles. The number of anilines is 2. The smallest absolute Gasteiger partial charge is 0.251 e. The second-order valence-electron chi connectivity index (χ2n) is 7.76. The average Bonchev–Trinajstić information content (AvgIpc) is 3.23. The summed E-state index contributed by atoms with van der Waals surface area (Å²) in [5.74, 6) is 1.16. The molecule has 0 aliphatic carbocycles. The van der Waals surface area contributed by atoms with E-state index in [-0.39, 0.29) is 12.6 Å². The number of halogens is 2. The van der Waals surface area contributed by atoms with Crippen LogP contribution in [-0.2, 0) is 0 Å². The Hall–Kier alpha value is -3.47. The van der Waals surface area contributed by atoms with E-state index < -0.39 is 6.43 Å². The zero-order valence-corrected chi connectivity index (χ0v) is 17.5. The van der Waals surface area contributed by atoms with E-state index in [2.05, 4.69) is 35.7 Å². The largest absolute Gasteiger partial charge is 0.371 e. The van der Waals surface area contributed by atoms with Crippen LogP contribution in [0, 0.1) is 0 Å². The predicted octanol–water partition coefficient (Wildman–Crippen LogP) is 2.92. The third-order valence-electron chi connectivity index (χ3n) is 5.67. The van der Waals surface area contributed by atoms with E-state index >= 15 is 0 Å². The number of rotatable bonds is 6. The first kappa shape index (κ1) is 20.4. The molecule has 1 aliphatic heterocycles. The third kappa shape index (κ3) is 4.03. The van der Waals surface area contributed by atoms with E-state index in [4.69, 9.17) is 0 Å². The molecule has 0 saturated carbocycles. The number of nitrogens with one attached hydrogen (secondary N) is 2. The lowest BCUT2D eigenvalue weighted by Gasteiger charge is -2.32. The van der Waals surface area contributed by atoms with E-state index in [0.717, 1.165) is 35.1 Å². The molecule has 1 saturated heterocycles. The van der Waals surface area contributed by atoms with Gasteiger partial charge in [-0.1, -0.05) is 0 Å². The molecule has 4 aromatic rings. The van der Waals surface area contributed by atoms with Crippen LogP contribution in [0.1, 0.15) is 12.8 Å². The fourth-order valence-corrected chi connectivity index (χ4v) is 4.11. The van der Waals surface area contributed by atoms with Gasteiger partial charge in [-0.3, -0.25) is 9.88 Å². The molecule has 0 radical (unpaired) electrons. The van der Waals surface area contributed by atoms with Gasteiger partial charge in [0.2, 0.25) is 5.95 Å². The number of pyridine rings is 1. The summed E-state index contributed by atoms with van der Waals surface area (Å²) in [4.78, 5) is 19.7. The molecule has 4 aromatic heterocycles. The van der Waals surface area contributed by atoms with Gasteiger partial charge in [0, 0.05) is 50.3 Å². The first-order valence-electron chi connectivity index (χ1n) is 10.5. The lowest BCUT2D eigenvalue weighted by molar-refractivity contribution is 0.0769. The summed E-state index contributed by atoms with van der Waals surface area (Å²) >= 11 is 0. The Kier molecular flexibility index (Phi) is 5.48. The fraction of sp³-hybridized carbons (Fsp3) is 0.381. The number of piperidine rings is 1. The van der Waals surface area contributed by atoms with E-state index in [0.29, 0.717) is 30.5 Å². The zero-order chi connectivity index (χ0) is 22.1. The second kappa shape index (κ2) is 8.58.